The lowest BCUT2D eigenvalue weighted by molar-refractivity contribution is -0.145. The Morgan fingerprint density at radius 3 is 3.12 bits per heavy atom. The lowest BCUT2D eigenvalue weighted by Crippen LogP contribution is -2.46. The zero-order chi connectivity index (χ0) is 11.5. The van der Waals surface area contributed by atoms with Crippen molar-refractivity contribution in [3.8, 4) is 0 Å². The van der Waals surface area contributed by atoms with Gasteiger partial charge in [-0.25, -0.2) is 0 Å². The maximum Gasteiger partial charge on any atom is 0.320 e. The predicted octanol–water partition coefficient (Wildman–Crippen LogP) is 2.43. The van der Waals surface area contributed by atoms with E-state index < -0.39 is 5.97 Å². The van der Waals surface area contributed by atoms with Gasteiger partial charge in [-0.05, 0) is 36.8 Å². The second-order valence-corrected chi connectivity index (χ2v) is 5.57. The fourth-order valence-electron chi connectivity index (χ4n) is 2.24. The molecule has 0 aromatic carbocycles. The highest BCUT2D eigenvalue weighted by atomic mass is 32.1. The number of aliphatic carboxylic acids is 1. The van der Waals surface area contributed by atoms with Gasteiger partial charge in [0.1, 0.15) is 6.04 Å². The summed E-state index contributed by atoms with van der Waals surface area (Å²) in [5.74, 6) is -0.149. The van der Waals surface area contributed by atoms with Crippen LogP contribution in [0.15, 0.2) is 17.5 Å². The minimum Gasteiger partial charge on any atom is -0.480 e. The van der Waals surface area contributed by atoms with Crippen LogP contribution in [0.4, 0.5) is 0 Å². The Morgan fingerprint density at radius 1 is 1.69 bits per heavy atom. The summed E-state index contributed by atoms with van der Waals surface area (Å²) in [5, 5.41) is 11.3. The first-order valence-electron chi connectivity index (χ1n) is 5.66. The molecule has 1 fully saturated rings. The fourth-order valence-corrected chi connectivity index (χ4v) is 2.97. The maximum atomic E-state index is 11.2. The Labute approximate surface area is 99.7 Å². The molecule has 88 valence electrons. The van der Waals surface area contributed by atoms with E-state index in [1.54, 1.807) is 11.3 Å². The summed E-state index contributed by atoms with van der Waals surface area (Å²) in [7, 11) is 0. The molecule has 2 unspecified atom stereocenters. The number of hydrogen-bond acceptors (Lipinski definition) is 3. The van der Waals surface area contributed by atoms with E-state index in [9.17, 15) is 9.90 Å². The molecule has 2 rings (SSSR count). The molecule has 0 amide bonds. The molecule has 2 atom stereocenters. The van der Waals surface area contributed by atoms with Crippen molar-refractivity contribution in [2.45, 2.75) is 32.4 Å². The number of thiophene rings is 1. The molecule has 0 saturated carbocycles. The van der Waals surface area contributed by atoms with E-state index >= 15 is 0 Å². The van der Waals surface area contributed by atoms with Crippen LogP contribution in [0, 0.1) is 5.92 Å². The molecule has 1 aromatic rings. The molecule has 1 aliphatic heterocycles. The molecule has 0 spiro atoms. The Bertz CT molecular complexity index is 350. The lowest BCUT2D eigenvalue weighted by atomic mass is 9.92. The highest BCUT2D eigenvalue weighted by molar-refractivity contribution is 7.09. The van der Waals surface area contributed by atoms with Crippen molar-refractivity contribution < 1.29 is 9.90 Å². The van der Waals surface area contributed by atoms with Gasteiger partial charge in [-0.15, -0.1) is 11.3 Å². The standard InChI is InChI=1S/C12H17NO2S/c1-9-4-5-13(11(7-9)12(14)15)8-10-3-2-6-16-10/h2-3,6,9,11H,4-5,7-8H2,1H3,(H,14,15). The number of carbonyl (C=O) groups is 1. The molecular weight excluding hydrogens is 222 g/mol. The molecule has 1 saturated heterocycles. The third-order valence-corrected chi connectivity index (χ3v) is 4.06. The van der Waals surface area contributed by atoms with Crippen molar-refractivity contribution in [3.63, 3.8) is 0 Å². The summed E-state index contributed by atoms with van der Waals surface area (Å²) < 4.78 is 0. The average Bonchev–Trinajstić information content (AvgIpc) is 2.73. The molecule has 4 heteroatoms. The number of carboxylic acids is 1. The monoisotopic (exact) mass is 239 g/mol. The highest BCUT2D eigenvalue weighted by Gasteiger charge is 2.31. The third-order valence-electron chi connectivity index (χ3n) is 3.20. The highest BCUT2D eigenvalue weighted by Crippen LogP contribution is 2.25. The Kier molecular flexibility index (Phi) is 3.61. The zero-order valence-corrected chi connectivity index (χ0v) is 10.2. The second-order valence-electron chi connectivity index (χ2n) is 4.53. The van der Waals surface area contributed by atoms with Crippen LogP contribution < -0.4 is 0 Å². The molecule has 2 heterocycles. The van der Waals surface area contributed by atoms with Crippen LogP contribution in [0.3, 0.4) is 0 Å². The minimum absolute atomic E-state index is 0.300. The van der Waals surface area contributed by atoms with Crippen molar-refractivity contribution in [3.05, 3.63) is 22.4 Å². The van der Waals surface area contributed by atoms with Gasteiger partial charge in [-0.3, -0.25) is 9.69 Å². The van der Waals surface area contributed by atoms with E-state index in [1.807, 2.05) is 11.4 Å². The van der Waals surface area contributed by atoms with E-state index in [2.05, 4.69) is 17.9 Å². The SMILES string of the molecule is CC1CCN(Cc2cccs2)C(C(=O)O)C1. The van der Waals surface area contributed by atoms with E-state index in [0.29, 0.717) is 5.92 Å². The summed E-state index contributed by atoms with van der Waals surface area (Å²) in [6, 6.07) is 3.79. The quantitative estimate of drug-likeness (QED) is 0.880. The number of likely N-dealkylation sites (tertiary alicyclic amines) is 1. The number of rotatable bonds is 3. The number of nitrogens with zero attached hydrogens (tertiary/aromatic N) is 1. The van der Waals surface area contributed by atoms with Crippen molar-refractivity contribution in [2.24, 2.45) is 5.92 Å². The van der Waals surface area contributed by atoms with Gasteiger partial charge in [0.15, 0.2) is 0 Å². The van der Waals surface area contributed by atoms with E-state index in [1.165, 1.54) is 4.88 Å². The van der Waals surface area contributed by atoms with Crippen LogP contribution in [0.2, 0.25) is 0 Å². The zero-order valence-electron chi connectivity index (χ0n) is 9.43. The first-order valence-corrected chi connectivity index (χ1v) is 6.54. The predicted molar refractivity (Wildman–Crippen MR) is 64.6 cm³/mol. The van der Waals surface area contributed by atoms with Gasteiger partial charge in [-0.2, -0.15) is 0 Å². The normalized spacial score (nSPS) is 26.8. The lowest BCUT2D eigenvalue weighted by Gasteiger charge is -2.35. The molecule has 1 N–H and O–H groups in total. The van der Waals surface area contributed by atoms with E-state index in [0.717, 1.165) is 25.9 Å². The van der Waals surface area contributed by atoms with Gasteiger partial charge < -0.3 is 5.11 Å². The van der Waals surface area contributed by atoms with Crippen LogP contribution in [-0.4, -0.2) is 28.6 Å². The molecule has 0 aliphatic carbocycles. The van der Waals surface area contributed by atoms with Gasteiger partial charge in [-0.1, -0.05) is 13.0 Å². The molecule has 0 bridgehead atoms. The summed E-state index contributed by atoms with van der Waals surface area (Å²) in [5.41, 5.74) is 0. The van der Waals surface area contributed by atoms with E-state index in [4.69, 9.17) is 0 Å². The summed E-state index contributed by atoms with van der Waals surface area (Å²) in [4.78, 5) is 14.5. The van der Waals surface area contributed by atoms with Gasteiger partial charge >= 0.3 is 5.97 Å². The Balaban J connectivity index is 2.04. The van der Waals surface area contributed by atoms with Gasteiger partial charge in [0.25, 0.3) is 0 Å². The largest absolute Gasteiger partial charge is 0.480 e. The van der Waals surface area contributed by atoms with Crippen molar-refractivity contribution >= 4 is 17.3 Å². The number of piperidine rings is 1. The Morgan fingerprint density at radius 2 is 2.50 bits per heavy atom. The summed E-state index contributed by atoms with van der Waals surface area (Å²) in [6.07, 6.45) is 1.88. The molecule has 1 aromatic heterocycles. The van der Waals surface area contributed by atoms with Crippen LogP contribution >= 0.6 is 11.3 Å². The van der Waals surface area contributed by atoms with Gasteiger partial charge in [0.05, 0.1) is 0 Å². The van der Waals surface area contributed by atoms with Crippen LogP contribution in [0.5, 0.6) is 0 Å². The van der Waals surface area contributed by atoms with Crippen molar-refractivity contribution in [1.82, 2.24) is 4.90 Å². The van der Waals surface area contributed by atoms with Gasteiger partial charge in [0, 0.05) is 11.4 Å². The third kappa shape index (κ3) is 2.62. The van der Waals surface area contributed by atoms with Crippen LogP contribution in [0.1, 0.15) is 24.6 Å². The first-order chi connectivity index (χ1) is 7.66. The fraction of sp³-hybridized carbons (Fsp3) is 0.583. The number of hydrogen-bond donors (Lipinski definition) is 1. The van der Waals surface area contributed by atoms with Crippen molar-refractivity contribution in [2.75, 3.05) is 6.54 Å². The Hall–Kier alpha value is -0.870. The van der Waals surface area contributed by atoms with Gasteiger partial charge in [0.2, 0.25) is 0 Å². The number of carboxylic acid groups (broad SMARTS) is 1. The molecule has 0 radical (unpaired) electrons. The molecular formula is C12H17NO2S. The maximum absolute atomic E-state index is 11.2. The van der Waals surface area contributed by atoms with Crippen LogP contribution in [-0.2, 0) is 11.3 Å². The molecule has 3 nitrogen and oxygen atoms in total. The van der Waals surface area contributed by atoms with Crippen LogP contribution in [0.25, 0.3) is 0 Å². The summed E-state index contributed by atoms with van der Waals surface area (Å²) in [6.45, 7) is 3.82. The molecule has 1 aliphatic rings. The topological polar surface area (TPSA) is 40.5 Å². The van der Waals surface area contributed by atoms with E-state index in [-0.39, 0.29) is 6.04 Å². The minimum atomic E-state index is -0.678. The smallest absolute Gasteiger partial charge is 0.320 e. The van der Waals surface area contributed by atoms with Crippen molar-refractivity contribution in [1.29, 1.82) is 0 Å². The average molecular weight is 239 g/mol. The second kappa shape index (κ2) is 4.97. The summed E-state index contributed by atoms with van der Waals surface area (Å²) >= 11 is 1.70. The first kappa shape index (κ1) is 11.6. The molecule has 16 heavy (non-hydrogen) atoms.